The van der Waals surface area contributed by atoms with Gasteiger partial charge in [0.15, 0.2) is 0 Å². The molecule has 0 spiro atoms. The van der Waals surface area contributed by atoms with Crippen LogP contribution in [0.4, 0.5) is 4.39 Å². The van der Waals surface area contributed by atoms with Gasteiger partial charge in [0, 0.05) is 12.1 Å². The Kier molecular flexibility index (Phi) is 5.50. The van der Waals surface area contributed by atoms with Crippen LogP contribution in [0.2, 0.25) is 0 Å². The minimum absolute atomic E-state index is 0.271. The molecule has 0 aliphatic heterocycles. The van der Waals surface area contributed by atoms with Gasteiger partial charge in [-0.1, -0.05) is 0 Å². The van der Waals surface area contributed by atoms with Crippen LogP contribution in [0.5, 0.6) is 5.75 Å². The molecule has 0 aliphatic rings. The van der Waals surface area contributed by atoms with Crippen molar-refractivity contribution in [1.82, 2.24) is 0 Å². The van der Waals surface area contributed by atoms with E-state index in [0.29, 0.717) is 18.9 Å². The van der Waals surface area contributed by atoms with E-state index in [2.05, 4.69) is 6.26 Å². The van der Waals surface area contributed by atoms with Crippen molar-refractivity contribution < 1.29 is 9.13 Å². The first-order chi connectivity index (χ1) is 7.27. The summed E-state index contributed by atoms with van der Waals surface area (Å²) in [4.78, 5) is 0. The molecular weight excluding hydrogens is 213 g/mol. The Labute approximate surface area is 94.0 Å². The Balaban J connectivity index is 2.52. The maximum Gasteiger partial charge on any atom is 0.123 e. The third kappa shape index (κ3) is 4.10. The van der Waals surface area contributed by atoms with Crippen LogP contribution in [0.15, 0.2) is 18.2 Å². The van der Waals surface area contributed by atoms with Gasteiger partial charge >= 0.3 is 0 Å². The maximum absolute atomic E-state index is 12.9. The average Bonchev–Trinajstić information content (AvgIpc) is 2.26. The smallest absolute Gasteiger partial charge is 0.123 e. The predicted octanol–water partition coefficient (Wildman–Crippen LogP) is 2.42. The molecule has 0 saturated heterocycles. The summed E-state index contributed by atoms with van der Waals surface area (Å²) >= 11 is 1.78. The van der Waals surface area contributed by atoms with Gasteiger partial charge in [-0.05, 0) is 36.6 Å². The van der Waals surface area contributed by atoms with E-state index in [1.807, 2.05) is 0 Å². The second kappa shape index (κ2) is 6.69. The molecule has 0 atom stereocenters. The van der Waals surface area contributed by atoms with Gasteiger partial charge in [0.25, 0.3) is 0 Å². The second-order valence-corrected chi connectivity index (χ2v) is 4.14. The summed E-state index contributed by atoms with van der Waals surface area (Å²) in [5, 5.41) is 0. The largest absolute Gasteiger partial charge is 0.493 e. The topological polar surface area (TPSA) is 35.2 Å². The lowest BCUT2D eigenvalue weighted by Gasteiger charge is -2.09. The Morgan fingerprint density at radius 2 is 2.27 bits per heavy atom. The van der Waals surface area contributed by atoms with E-state index in [1.165, 1.54) is 12.1 Å². The molecule has 0 saturated carbocycles. The van der Waals surface area contributed by atoms with Gasteiger partial charge in [0.2, 0.25) is 0 Å². The van der Waals surface area contributed by atoms with E-state index in [9.17, 15) is 4.39 Å². The quantitative estimate of drug-likeness (QED) is 0.761. The van der Waals surface area contributed by atoms with Crippen LogP contribution in [-0.2, 0) is 6.54 Å². The highest BCUT2D eigenvalue weighted by Crippen LogP contribution is 2.19. The van der Waals surface area contributed by atoms with Gasteiger partial charge in [0.05, 0.1) is 6.61 Å². The van der Waals surface area contributed by atoms with Crippen LogP contribution < -0.4 is 10.5 Å². The van der Waals surface area contributed by atoms with Crippen LogP contribution in [-0.4, -0.2) is 18.6 Å². The molecule has 15 heavy (non-hydrogen) atoms. The number of benzene rings is 1. The molecule has 0 radical (unpaired) electrons. The SMILES string of the molecule is CSCCCOc1ccc(F)cc1CN. The van der Waals surface area contributed by atoms with Crippen molar-refractivity contribution in [3.8, 4) is 5.75 Å². The van der Waals surface area contributed by atoms with Crippen molar-refractivity contribution >= 4 is 11.8 Å². The third-order valence-corrected chi connectivity index (χ3v) is 2.69. The highest BCUT2D eigenvalue weighted by molar-refractivity contribution is 7.98. The number of hydrogen-bond donors (Lipinski definition) is 1. The molecule has 1 aromatic carbocycles. The minimum Gasteiger partial charge on any atom is -0.493 e. The lowest BCUT2D eigenvalue weighted by Crippen LogP contribution is -2.04. The van der Waals surface area contributed by atoms with E-state index in [4.69, 9.17) is 10.5 Å². The van der Waals surface area contributed by atoms with E-state index < -0.39 is 0 Å². The van der Waals surface area contributed by atoms with Crippen molar-refractivity contribution in [1.29, 1.82) is 0 Å². The van der Waals surface area contributed by atoms with Crippen molar-refractivity contribution in [3.63, 3.8) is 0 Å². The zero-order valence-electron chi connectivity index (χ0n) is 8.83. The van der Waals surface area contributed by atoms with Crippen LogP contribution in [0.1, 0.15) is 12.0 Å². The molecule has 1 rings (SSSR count). The number of thioether (sulfide) groups is 1. The first-order valence-electron chi connectivity index (χ1n) is 4.88. The third-order valence-electron chi connectivity index (χ3n) is 1.99. The summed E-state index contributed by atoms with van der Waals surface area (Å²) in [6.45, 7) is 0.953. The van der Waals surface area contributed by atoms with Crippen LogP contribution in [0, 0.1) is 5.82 Å². The lowest BCUT2D eigenvalue weighted by molar-refractivity contribution is 0.315. The zero-order chi connectivity index (χ0) is 11.1. The summed E-state index contributed by atoms with van der Waals surface area (Å²) in [5.41, 5.74) is 6.22. The molecule has 84 valence electrons. The Morgan fingerprint density at radius 3 is 2.93 bits per heavy atom. The highest BCUT2D eigenvalue weighted by atomic mass is 32.2. The molecular formula is C11H16FNOS. The van der Waals surface area contributed by atoms with E-state index in [-0.39, 0.29) is 5.82 Å². The summed E-state index contributed by atoms with van der Waals surface area (Å²) in [6, 6.07) is 4.45. The zero-order valence-corrected chi connectivity index (χ0v) is 9.65. The molecule has 1 aromatic rings. The number of rotatable bonds is 6. The second-order valence-electron chi connectivity index (χ2n) is 3.15. The van der Waals surface area contributed by atoms with Gasteiger partial charge < -0.3 is 10.5 Å². The van der Waals surface area contributed by atoms with Crippen molar-refractivity contribution in [2.45, 2.75) is 13.0 Å². The Morgan fingerprint density at radius 1 is 1.47 bits per heavy atom. The molecule has 2 nitrogen and oxygen atoms in total. The summed E-state index contributed by atoms with van der Waals surface area (Å²) in [7, 11) is 0. The number of hydrogen-bond acceptors (Lipinski definition) is 3. The minimum atomic E-state index is -0.271. The molecule has 0 aliphatic carbocycles. The fourth-order valence-electron chi connectivity index (χ4n) is 1.23. The first kappa shape index (κ1) is 12.3. The van der Waals surface area contributed by atoms with E-state index >= 15 is 0 Å². The molecule has 0 fully saturated rings. The lowest BCUT2D eigenvalue weighted by atomic mass is 10.2. The highest BCUT2D eigenvalue weighted by Gasteiger charge is 2.03. The number of nitrogens with two attached hydrogens (primary N) is 1. The maximum atomic E-state index is 12.9. The monoisotopic (exact) mass is 229 g/mol. The standard InChI is InChI=1S/C11H16FNOS/c1-15-6-2-5-14-11-4-3-10(12)7-9(11)8-13/h3-4,7H,2,5-6,8,13H2,1H3. The first-order valence-corrected chi connectivity index (χ1v) is 6.27. The molecule has 2 N–H and O–H groups in total. The summed E-state index contributed by atoms with van der Waals surface area (Å²) < 4.78 is 18.4. The summed E-state index contributed by atoms with van der Waals surface area (Å²) in [6.07, 6.45) is 3.05. The van der Waals surface area contributed by atoms with Crippen LogP contribution >= 0.6 is 11.8 Å². The molecule has 0 aromatic heterocycles. The summed E-state index contributed by atoms with van der Waals surface area (Å²) in [5.74, 6) is 1.49. The average molecular weight is 229 g/mol. The van der Waals surface area contributed by atoms with Gasteiger partial charge in [-0.2, -0.15) is 11.8 Å². The van der Waals surface area contributed by atoms with Gasteiger partial charge in [-0.3, -0.25) is 0 Å². The van der Waals surface area contributed by atoms with Gasteiger partial charge in [-0.15, -0.1) is 0 Å². The van der Waals surface area contributed by atoms with Crippen molar-refractivity contribution in [3.05, 3.63) is 29.6 Å². The fourth-order valence-corrected chi connectivity index (χ4v) is 1.64. The Hall–Kier alpha value is -0.740. The molecule has 0 unspecified atom stereocenters. The molecule has 0 amide bonds. The number of ether oxygens (including phenoxy) is 1. The van der Waals surface area contributed by atoms with Gasteiger partial charge in [-0.25, -0.2) is 4.39 Å². The predicted molar refractivity (Wildman–Crippen MR) is 62.8 cm³/mol. The molecule has 4 heteroatoms. The van der Waals surface area contributed by atoms with E-state index in [1.54, 1.807) is 17.8 Å². The van der Waals surface area contributed by atoms with Crippen LogP contribution in [0.3, 0.4) is 0 Å². The number of halogens is 1. The normalized spacial score (nSPS) is 10.3. The van der Waals surface area contributed by atoms with Gasteiger partial charge in [0.1, 0.15) is 11.6 Å². The van der Waals surface area contributed by atoms with Crippen LogP contribution in [0.25, 0.3) is 0 Å². The van der Waals surface area contributed by atoms with Crippen molar-refractivity contribution in [2.24, 2.45) is 5.73 Å². The fraction of sp³-hybridized carbons (Fsp3) is 0.455. The molecule has 0 heterocycles. The Bertz CT molecular complexity index is 307. The van der Waals surface area contributed by atoms with E-state index in [0.717, 1.165) is 17.7 Å². The van der Waals surface area contributed by atoms with Crippen molar-refractivity contribution in [2.75, 3.05) is 18.6 Å². The molecule has 0 bridgehead atoms.